The fraction of sp³-hybridized carbons (Fsp3) is 0.727. The van der Waals surface area contributed by atoms with E-state index in [1.54, 1.807) is 11.3 Å². The molecule has 0 aliphatic carbocycles. The van der Waals surface area contributed by atoms with Crippen LogP contribution in [0.4, 0.5) is 5.13 Å². The van der Waals surface area contributed by atoms with E-state index in [2.05, 4.69) is 24.1 Å². The molecule has 0 radical (unpaired) electrons. The first kappa shape index (κ1) is 15.4. The third kappa shape index (κ3) is 4.91. The summed E-state index contributed by atoms with van der Waals surface area (Å²) >= 11 is 1.54. The van der Waals surface area contributed by atoms with E-state index < -0.39 is 9.84 Å². The van der Waals surface area contributed by atoms with Crippen molar-refractivity contribution in [2.45, 2.75) is 19.9 Å². The van der Waals surface area contributed by atoms with Gasteiger partial charge in [-0.25, -0.2) is 13.4 Å². The first-order valence-electron chi connectivity index (χ1n) is 5.91. The van der Waals surface area contributed by atoms with Gasteiger partial charge in [-0.05, 0) is 13.5 Å². The smallest absolute Gasteiger partial charge is 0.185 e. The van der Waals surface area contributed by atoms with Crippen LogP contribution in [0, 0.1) is 0 Å². The molecule has 0 aliphatic heterocycles. The van der Waals surface area contributed by atoms with Crippen molar-refractivity contribution < 1.29 is 8.42 Å². The topological polar surface area (TPSA) is 62.3 Å². The summed E-state index contributed by atoms with van der Waals surface area (Å²) in [6.45, 7) is 5.50. The van der Waals surface area contributed by atoms with Crippen LogP contribution < -0.4 is 10.2 Å². The molecule has 0 amide bonds. The lowest BCUT2D eigenvalue weighted by molar-refractivity contribution is 0.586. The van der Waals surface area contributed by atoms with E-state index in [1.165, 1.54) is 6.26 Å². The molecule has 0 saturated carbocycles. The summed E-state index contributed by atoms with van der Waals surface area (Å²) in [5.74, 6) is 0.154. The van der Waals surface area contributed by atoms with Gasteiger partial charge < -0.3 is 10.2 Å². The zero-order valence-electron chi connectivity index (χ0n) is 11.3. The predicted molar refractivity (Wildman–Crippen MR) is 77.2 cm³/mol. The van der Waals surface area contributed by atoms with Crippen LogP contribution in [-0.4, -0.2) is 45.5 Å². The third-order valence-electron chi connectivity index (χ3n) is 2.59. The molecule has 0 saturated heterocycles. The minimum atomic E-state index is -2.92. The van der Waals surface area contributed by atoms with Gasteiger partial charge in [0.1, 0.15) is 9.84 Å². The Morgan fingerprint density at radius 2 is 2.22 bits per heavy atom. The number of aromatic nitrogens is 1. The van der Waals surface area contributed by atoms with Gasteiger partial charge in [-0.15, -0.1) is 11.3 Å². The molecule has 7 heteroatoms. The minimum absolute atomic E-state index is 0.154. The SMILES string of the molecule is CCNC(C)c1csc(N(C)CCS(C)(=O)=O)n1. The van der Waals surface area contributed by atoms with Gasteiger partial charge in [0, 0.05) is 31.3 Å². The molecule has 1 unspecified atom stereocenters. The third-order valence-corrected chi connectivity index (χ3v) is 4.49. The Bertz CT molecular complexity index is 470. The molecule has 1 rings (SSSR count). The number of hydrogen-bond donors (Lipinski definition) is 1. The summed E-state index contributed by atoms with van der Waals surface area (Å²) in [5, 5.41) is 6.17. The quantitative estimate of drug-likeness (QED) is 0.820. The highest BCUT2D eigenvalue weighted by Gasteiger charge is 2.12. The van der Waals surface area contributed by atoms with Crippen molar-refractivity contribution in [2.75, 3.05) is 37.0 Å². The van der Waals surface area contributed by atoms with E-state index in [1.807, 2.05) is 17.3 Å². The van der Waals surface area contributed by atoms with E-state index >= 15 is 0 Å². The van der Waals surface area contributed by atoms with Crippen molar-refractivity contribution in [3.63, 3.8) is 0 Å². The normalized spacial score (nSPS) is 13.6. The molecule has 104 valence electrons. The van der Waals surface area contributed by atoms with Crippen molar-refractivity contribution in [2.24, 2.45) is 0 Å². The average molecular weight is 291 g/mol. The molecule has 18 heavy (non-hydrogen) atoms. The fourth-order valence-corrected chi connectivity index (χ4v) is 2.98. The Kier molecular flexibility index (Phi) is 5.55. The van der Waals surface area contributed by atoms with Crippen LogP contribution in [0.15, 0.2) is 5.38 Å². The van der Waals surface area contributed by atoms with E-state index in [0.717, 1.165) is 17.4 Å². The summed E-state index contributed by atoms with van der Waals surface area (Å²) in [4.78, 5) is 6.40. The Labute approximate surface area is 113 Å². The second-order valence-corrected chi connectivity index (χ2v) is 7.48. The van der Waals surface area contributed by atoms with Crippen molar-refractivity contribution in [3.8, 4) is 0 Å². The lowest BCUT2D eigenvalue weighted by atomic mass is 10.3. The van der Waals surface area contributed by atoms with E-state index in [9.17, 15) is 8.42 Å². The predicted octanol–water partition coefficient (Wildman–Crippen LogP) is 1.29. The van der Waals surface area contributed by atoms with Crippen LogP contribution in [-0.2, 0) is 9.84 Å². The number of hydrogen-bond acceptors (Lipinski definition) is 6. The molecule has 0 fully saturated rings. The Balaban J connectivity index is 2.62. The molecule has 1 aromatic rings. The lowest BCUT2D eigenvalue weighted by Crippen LogP contribution is -2.25. The van der Waals surface area contributed by atoms with Gasteiger partial charge in [0.05, 0.1) is 11.4 Å². The summed E-state index contributed by atoms with van der Waals surface area (Å²) in [5.41, 5.74) is 1.00. The van der Waals surface area contributed by atoms with Gasteiger partial charge in [-0.1, -0.05) is 6.92 Å². The first-order chi connectivity index (χ1) is 8.33. The van der Waals surface area contributed by atoms with Crippen molar-refractivity contribution in [1.29, 1.82) is 0 Å². The van der Waals surface area contributed by atoms with Crippen molar-refractivity contribution >= 4 is 26.3 Å². The van der Waals surface area contributed by atoms with Crippen LogP contribution in [0.3, 0.4) is 0 Å². The highest BCUT2D eigenvalue weighted by molar-refractivity contribution is 7.90. The van der Waals surface area contributed by atoms with Gasteiger partial charge in [0.15, 0.2) is 5.13 Å². The Hall–Kier alpha value is -0.660. The van der Waals surface area contributed by atoms with Gasteiger partial charge >= 0.3 is 0 Å². The second-order valence-electron chi connectivity index (χ2n) is 4.39. The Morgan fingerprint density at radius 1 is 1.56 bits per heavy atom. The van der Waals surface area contributed by atoms with Crippen LogP contribution in [0.25, 0.3) is 0 Å². The van der Waals surface area contributed by atoms with Crippen LogP contribution in [0.1, 0.15) is 25.6 Å². The summed E-state index contributed by atoms with van der Waals surface area (Å²) in [7, 11) is -1.06. The maximum Gasteiger partial charge on any atom is 0.185 e. The molecule has 1 aromatic heterocycles. The van der Waals surface area contributed by atoms with Gasteiger partial charge in [0.25, 0.3) is 0 Å². The van der Waals surface area contributed by atoms with E-state index in [0.29, 0.717) is 6.54 Å². The maximum absolute atomic E-state index is 11.1. The van der Waals surface area contributed by atoms with Crippen LogP contribution >= 0.6 is 11.3 Å². The second kappa shape index (κ2) is 6.49. The first-order valence-corrected chi connectivity index (χ1v) is 8.85. The molecule has 1 heterocycles. The van der Waals surface area contributed by atoms with Gasteiger partial charge in [-0.2, -0.15) is 0 Å². The lowest BCUT2D eigenvalue weighted by Gasteiger charge is -2.15. The summed E-state index contributed by atoms with van der Waals surface area (Å²) < 4.78 is 22.2. The summed E-state index contributed by atoms with van der Waals surface area (Å²) in [6, 6.07) is 0.225. The monoisotopic (exact) mass is 291 g/mol. The molecular weight excluding hydrogens is 270 g/mol. The zero-order valence-corrected chi connectivity index (χ0v) is 12.9. The fourth-order valence-electron chi connectivity index (χ4n) is 1.46. The number of nitrogens with zero attached hydrogens (tertiary/aromatic N) is 2. The number of rotatable bonds is 7. The van der Waals surface area contributed by atoms with E-state index in [-0.39, 0.29) is 11.8 Å². The molecule has 0 aromatic carbocycles. The molecule has 0 bridgehead atoms. The van der Waals surface area contributed by atoms with Gasteiger partial charge in [0.2, 0.25) is 0 Å². The standard InChI is InChI=1S/C11H21N3O2S2/c1-5-12-9(2)10-8-17-11(13-10)14(3)6-7-18(4,15)16/h8-9,12H,5-7H2,1-4H3. The van der Waals surface area contributed by atoms with E-state index in [4.69, 9.17) is 0 Å². The van der Waals surface area contributed by atoms with Gasteiger partial charge in [-0.3, -0.25) is 0 Å². The maximum atomic E-state index is 11.1. The molecule has 0 aliphatic rings. The van der Waals surface area contributed by atoms with Crippen molar-refractivity contribution in [3.05, 3.63) is 11.1 Å². The molecule has 0 spiro atoms. The Morgan fingerprint density at radius 3 is 2.78 bits per heavy atom. The molecule has 1 atom stereocenters. The summed E-state index contributed by atoms with van der Waals surface area (Å²) in [6.07, 6.45) is 1.25. The molecule has 1 N–H and O–H groups in total. The highest BCUT2D eigenvalue weighted by atomic mass is 32.2. The molecule has 5 nitrogen and oxygen atoms in total. The minimum Gasteiger partial charge on any atom is -0.350 e. The highest BCUT2D eigenvalue weighted by Crippen LogP contribution is 2.23. The zero-order chi connectivity index (χ0) is 13.8. The number of sulfone groups is 1. The largest absolute Gasteiger partial charge is 0.350 e. The van der Waals surface area contributed by atoms with Crippen LogP contribution in [0.5, 0.6) is 0 Å². The number of thiazole rings is 1. The molecular formula is C11H21N3O2S2. The van der Waals surface area contributed by atoms with Crippen LogP contribution in [0.2, 0.25) is 0 Å². The number of anilines is 1. The number of nitrogens with one attached hydrogen (secondary N) is 1. The average Bonchev–Trinajstić information content (AvgIpc) is 2.74. The van der Waals surface area contributed by atoms with Crippen molar-refractivity contribution in [1.82, 2.24) is 10.3 Å².